The Hall–Kier alpha value is -2.29. The van der Waals surface area contributed by atoms with Crippen LogP contribution in [0.3, 0.4) is 0 Å². The number of hydrogen-bond acceptors (Lipinski definition) is 4. The van der Waals surface area contributed by atoms with E-state index in [9.17, 15) is 17.6 Å². The van der Waals surface area contributed by atoms with Gasteiger partial charge >= 0.3 is 0 Å². The van der Waals surface area contributed by atoms with Gasteiger partial charge in [-0.15, -0.1) is 0 Å². The number of carbonyl (C=O) groups excluding carboxylic acids is 1. The van der Waals surface area contributed by atoms with Gasteiger partial charge in [-0.1, -0.05) is 24.3 Å². The number of nitrogens with zero attached hydrogens (tertiary/aromatic N) is 1. The lowest BCUT2D eigenvalue weighted by atomic mass is 9.72. The average molecular weight is 418 g/mol. The van der Waals surface area contributed by atoms with Crippen LogP contribution in [0.15, 0.2) is 59.5 Å². The number of rotatable bonds is 4. The molecule has 1 amide bonds. The number of benzene rings is 2. The van der Waals surface area contributed by atoms with Crippen molar-refractivity contribution in [3.8, 4) is 0 Å². The van der Waals surface area contributed by atoms with Gasteiger partial charge in [-0.2, -0.15) is 4.31 Å². The van der Waals surface area contributed by atoms with Crippen molar-refractivity contribution in [1.29, 1.82) is 0 Å². The number of carbonyl (C=O) groups is 1. The first-order valence-corrected chi connectivity index (χ1v) is 11.0. The molecule has 2 heterocycles. The largest absolute Gasteiger partial charge is 0.381 e. The van der Waals surface area contributed by atoms with Gasteiger partial charge in [0.25, 0.3) is 0 Å². The van der Waals surface area contributed by atoms with Crippen molar-refractivity contribution >= 4 is 21.6 Å². The standard InChI is InChI=1S/C21H23FN2O4S/c22-16-5-4-6-17(13-16)23-20(25)19-14-24(15-21(19)9-11-28-12-10-21)29(26,27)18-7-2-1-3-8-18/h1-8,13,19H,9-12,14-15H2,(H,23,25)/t19-/m1/s1. The van der Waals surface area contributed by atoms with E-state index in [1.165, 1.54) is 22.5 Å². The van der Waals surface area contributed by atoms with Crippen LogP contribution in [0.2, 0.25) is 0 Å². The fourth-order valence-corrected chi connectivity index (χ4v) is 5.86. The Kier molecular flexibility index (Phi) is 5.42. The molecule has 0 aliphatic carbocycles. The van der Waals surface area contributed by atoms with Gasteiger partial charge in [0.05, 0.1) is 10.8 Å². The molecule has 1 N–H and O–H groups in total. The number of hydrogen-bond donors (Lipinski definition) is 1. The summed E-state index contributed by atoms with van der Waals surface area (Å²) in [6.07, 6.45) is 1.21. The molecule has 2 aromatic rings. The summed E-state index contributed by atoms with van der Waals surface area (Å²) in [6, 6.07) is 13.9. The number of amides is 1. The zero-order valence-corrected chi connectivity index (χ0v) is 16.7. The van der Waals surface area contributed by atoms with Crippen LogP contribution in [0.5, 0.6) is 0 Å². The number of halogens is 1. The van der Waals surface area contributed by atoms with Crippen molar-refractivity contribution in [1.82, 2.24) is 4.31 Å². The molecule has 6 nitrogen and oxygen atoms in total. The fraction of sp³-hybridized carbons (Fsp3) is 0.381. The number of ether oxygens (including phenoxy) is 1. The molecule has 0 radical (unpaired) electrons. The van der Waals surface area contributed by atoms with Gasteiger partial charge in [0.2, 0.25) is 15.9 Å². The summed E-state index contributed by atoms with van der Waals surface area (Å²) in [6.45, 7) is 1.35. The number of nitrogens with one attached hydrogen (secondary N) is 1. The van der Waals surface area contributed by atoms with E-state index >= 15 is 0 Å². The monoisotopic (exact) mass is 418 g/mol. The Balaban J connectivity index is 1.62. The molecule has 2 aromatic carbocycles. The minimum Gasteiger partial charge on any atom is -0.381 e. The first-order valence-electron chi connectivity index (χ1n) is 9.60. The summed E-state index contributed by atoms with van der Waals surface area (Å²) in [5.41, 5.74) is -0.126. The molecule has 2 aliphatic heterocycles. The molecule has 8 heteroatoms. The predicted octanol–water partition coefficient (Wildman–Crippen LogP) is 2.88. The second-order valence-corrected chi connectivity index (χ2v) is 9.58. The maximum Gasteiger partial charge on any atom is 0.243 e. The van der Waals surface area contributed by atoms with E-state index in [-0.39, 0.29) is 23.9 Å². The summed E-state index contributed by atoms with van der Waals surface area (Å²) in [4.78, 5) is 13.3. The molecule has 0 aromatic heterocycles. The quantitative estimate of drug-likeness (QED) is 0.829. The Morgan fingerprint density at radius 3 is 2.52 bits per heavy atom. The molecule has 2 fully saturated rings. The molecule has 1 spiro atoms. The molecule has 29 heavy (non-hydrogen) atoms. The summed E-state index contributed by atoms with van der Waals surface area (Å²) in [7, 11) is -3.71. The Bertz CT molecular complexity index is 991. The van der Waals surface area contributed by atoms with E-state index in [1.54, 1.807) is 36.4 Å². The van der Waals surface area contributed by atoms with Crippen LogP contribution in [0.25, 0.3) is 0 Å². The number of anilines is 1. The summed E-state index contributed by atoms with van der Waals surface area (Å²) < 4.78 is 46.7. The minimum atomic E-state index is -3.71. The smallest absolute Gasteiger partial charge is 0.243 e. The normalized spacial score (nSPS) is 21.9. The van der Waals surface area contributed by atoms with Crippen molar-refractivity contribution in [2.45, 2.75) is 17.7 Å². The van der Waals surface area contributed by atoms with E-state index in [4.69, 9.17) is 4.74 Å². The van der Waals surface area contributed by atoms with Gasteiger partial charge in [0, 0.05) is 37.4 Å². The van der Waals surface area contributed by atoms with E-state index in [0.29, 0.717) is 31.7 Å². The topological polar surface area (TPSA) is 75.7 Å². The van der Waals surface area contributed by atoms with Gasteiger partial charge < -0.3 is 10.1 Å². The molecular weight excluding hydrogens is 395 g/mol. The third kappa shape index (κ3) is 3.92. The van der Waals surface area contributed by atoms with Crippen LogP contribution in [-0.2, 0) is 19.6 Å². The molecule has 0 saturated carbocycles. The Morgan fingerprint density at radius 1 is 1.10 bits per heavy atom. The highest BCUT2D eigenvalue weighted by Crippen LogP contribution is 2.46. The summed E-state index contributed by atoms with van der Waals surface area (Å²) in [5, 5.41) is 2.77. The minimum absolute atomic E-state index is 0.0956. The maximum absolute atomic E-state index is 13.5. The first-order chi connectivity index (χ1) is 13.9. The van der Waals surface area contributed by atoms with Crippen molar-refractivity contribution in [3.05, 3.63) is 60.4 Å². The van der Waals surface area contributed by atoms with Crippen molar-refractivity contribution in [2.24, 2.45) is 11.3 Å². The van der Waals surface area contributed by atoms with Gasteiger partial charge in [0.1, 0.15) is 5.82 Å². The molecule has 2 saturated heterocycles. The van der Waals surface area contributed by atoms with E-state index < -0.39 is 27.2 Å². The predicted molar refractivity (Wildman–Crippen MR) is 106 cm³/mol. The second kappa shape index (κ2) is 7.85. The second-order valence-electron chi connectivity index (χ2n) is 7.64. The molecule has 0 unspecified atom stereocenters. The van der Waals surface area contributed by atoms with Gasteiger partial charge in [-0.25, -0.2) is 12.8 Å². The Labute approximate surface area is 169 Å². The SMILES string of the molecule is O=C(Nc1cccc(F)c1)[C@H]1CN(S(=O)(=O)c2ccccc2)CC12CCOCC2. The molecule has 154 valence electrons. The van der Waals surface area contributed by atoms with Crippen LogP contribution < -0.4 is 5.32 Å². The van der Waals surface area contributed by atoms with Crippen LogP contribution in [0.1, 0.15) is 12.8 Å². The lowest BCUT2D eigenvalue weighted by Crippen LogP contribution is -2.42. The van der Waals surface area contributed by atoms with E-state index in [0.717, 1.165) is 0 Å². The highest BCUT2D eigenvalue weighted by Gasteiger charge is 2.53. The Morgan fingerprint density at radius 2 is 1.83 bits per heavy atom. The van der Waals surface area contributed by atoms with Crippen molar-refractivity contribution in [2.75, 3.05) is 31.6 Å². The highest BCUT2D eigenvalue weighted by molar-refractivity contribution is 7.89. The van der Waals surface area contributed by atoms with Crippen LogP contribution >= 0.6 is 0 Å². The summed E-state index contributed by atoms with van der Waals surface area (Å²) in [5.74, 6) is -1.26. The van der Waals surface area contributed by atoms with Crippen LogP contribution in [-0.4, -0.2) is 44.9 Å². The van der Waals surface area contributed by atoms with Gasteiger partial charge in [0.15, 0.2) is 0 Å². The van der Waals surface area contributed by atoms with Crippen LogP contribution in [0, 0.1) is 17.2 Å². The summed E-state index contributed by atoms with van der Waals surface area (Å²) >= 11 is 0. The molecule has 1 atom stereocenters. The molecule has 2 aliphatic rings. The van der Waals surface area contributed by atoms with Crippen molar-refractivity contribution < 1.29 is 22.3 Å². The molecular formula is C21H23FN2O4S. The zero-order valence-electron chi connectivity index (χ0n) is 15.9. The average Bonchev–Trinajstić information content (AvgIpc) is 3.09. The van der Waals surface area contributed by atoms with E-state index in [1.807, 2.05) is 0 Å². The highest BCUT2D eigenvalue weighted by atomic mass is 32.2. The molecule has 4 rings (SSSR count). The first kappa shape index (κ1) is 20.0. The van der Waals surface area contributed by atoms with Gasteiger partial charge in [-0.3, -0.25) is 4.79 Å². The van der Waals surface area contributed by atoms with Crippen molar-refractivity contribution in [3.63, 3.8) is 0 Å². The lowest BCUT2D eigenvalue weighted by molar-refractivity contribution is -0.124. The van der Waals surface area contributed by atoms with Crippen LogP contribution in [0.4, 0.5) is 10.1 Å². The third-order valence-corrected chi connectivity index (χ3v) is 7.72. The fourth-order valence-electron chi connectivity index (χ4n) is 4.29. The van der Waals surface area contributed by atoms with E-state index in [2.05, 4.69) is 5.32 Å². The third-order valence-electron chi connectivity index (χ3n) is 5.89. The van der Waals surface area contributed by atoms with Gasteiger partial charge in [-0.05, 0) is 43.2 Å². The zero-order chi connectivity index (χ0) is 20.5. The lowest BCUT2D eigenvalue weighted by Gasteiger charge is -2.37. The number of sulfonamides is 1. The molecule has 0 bridgehead atoms. The maximum atomic E-state index is 13.5.